The van der Waals surface area contributed by atoms with Crippen LogP contribution in [0.1, 0.15) is 49.4 Å². The second-order valence-corrected chi connectivity index (χ2v) is 8.57. The zero-order valence-corrected chi connectivity index (χ0v) is 18.8. The van der Waals surface area contributed by atoms with Crippen molar-refractivity contribution in [3.63, 3.8) is 0 Å². The van der Waals surface area contributed by atoms with Crippen LogP contribution in [-0.2, 0) is 19.8 Å². The van der Waals surface area contributed by atoms with Gasteiger partial charge in [-0.2, -0.15) is 5.10 Å². The van der Waals surface area contributed by atoms with Crippen molar-refractivity contribution in [3.8, 4) is 0 Å². The standard InChI is InChI=1S/C24H32N4O3/c1-17-20(24(2,3)31-19-10-12-30-13-11-19)14-28-22(17)23(25-16-26-28)27-21(15-29-4)18-8-6-5-7-9-18/h5-9,14,16,19,21H,10-13,15H2,1-4H3,(H,25,26,27)/t21-/m1/s1. The van der Waals surface area contributed by atoms with Gasteiger partial charge in [0.1, 0.15) is 11.8 Å². The maximum atomic E-state index is 6.52. The summed E-state index contributed by atoms with van der Waals surface area (Å²) in [6.07, 6.45) is 5.71. The van der Waals surface area contributed by atoms with Crippen LogP contribution in [0.5, 0.6) is 0 Å². The number of aromatic nitrogens is 3. The molecule has 3 aromatic rings. The van der Waals surface area contributed by atoms with Crippen LogP contribution in [0.2, 0.25) is 0 Å². The van der Waals surface area contributed by atoms with Crippen molar-refractivity contribution in [1.29, 1.82) is 0 Å². The fourth-order valence-electron chi connectivity index (χ4n) is 4.39. The minimum Gasteiger partial charge on any atom is -0.382 e. The lowest BCUT2D eigenvalue weighted by molar-refractivity contribution is -0.113. The minimum atomic E-state index is -0.442. The summed E-state index contributed by atoms with van der Waals surface area (Å²) in [6, 6.07) is 10.2. The molecule has 0 spiro atoms. The number of anilines is 1. The fourth-order valence-corrected chi connectivity index (χ4v) is 4.39. The maximum Gasteiger partial charge on any atom is 0.154 e. The number of hydrogen-bond acceptors (Lipinski definition) is 6. The van der Waals surface area contributed by atoms with Crippen LogP contribution in [0, 0.1) is 6.92 Å². The van der Waals surface area contributed by atoms with E-state index in [1.54, 1.807) is 13.4 Å². The topological polar surface area (TPSA) is 69.9 Å². The Balaban J connectivity index is 1.66. The van der Waals surface area contributed by atoms with Crippen molar-refractivity contribution in [2.75, 3.05) is 32.2 Å². The van der Waals surface area contributed by atoms with E-state index in [2.05, 4.69) is 54.5 Å². The van der Waals surface area contributed by atoms with E-state index < -0.39 is 5.60 Å². The summed E-state index contributed by atoms with van der Waals surface area (Å²) in [5.74, 6) is 0.784. The number of benzene rings is 1. The quantitative estimate of drug-likeness (QED) is 0.582. The molecule has 1 atom stereocenters. The highest BCUT2D eigenvalue weighted by molar-refractivity contribution is 5.74. The van der Waals surface area contributed by atoms with Gasteiger partial charge in [0.25, 0.3) is 0 Å². The third-order valence-corrected chi connectivity index (χ3v) is 5.95. The van der Waals surface area contributed by atoms with Gasteiger partial charge < -0.3 is 19.5 Å². The van der Waals surface area contributed by atoms with Crippen molar-refractivity contribution in [1.82, 2.24) is 14.6 Å². The molecule has 1 N–H and O–H groups in total. The van der Waals surface area contributed by atoms with Crippen LogP contribution in [-0.4, -0.2) is 47.6 Å². The van der Waals surface area contributed by atoms with Gasteiger partial charge in [0.2, 0.25) is 0 Å². The molecule has 0 radical (unpaired) electrons. The van der Waals surface area contributed by atoms with Gasteiger partial charge in [0, 0.05) is 32.1 Å². The number of nitrogens with one attached hydrogen (secondary N) is 1. The molecule has 0 unspecified atom stereocenters. The summed E-state index contributed by atoms with van der Waals surface area (Å²) >= 11 is 0. The van der Waals surface area contributed by atoms with E-state index in [9.17, 15) is 0 Å². The molecule has 7 nitrogen and oxygen atoms in total. The van der Waals surface area contributed by atoms with Crippen LogP contribution in [0.25, 0.3) is 5.52 Å². The molecule has 166 valence electrons. The number of hydrogen-bond donors (Lipinski definition) is 1. The lowest BCUT2D eigenvalue weighted by Crippen LogP contribution is -2.32. The van der Waals surface area contributed by atoms with Gasteiger partial charge in [-0.05, 0) is 44.7 Å². The van der Waals surface area contributed by atoms with Crippen molar-refractivity contribution in [2.45, 2.75) is 51.4 Å². The highest BCUT2D eigenvalue weighted by atomic mass is 16.5. The Labute approximate surface area is 183 Å². The van der Waals surface area contributed by atoms with E-state index in [1.807, 2.05) is 22.7 Å². The zero-order valence-electron chi connectivity index (χ0n) is 18.8. The van der Waals surface area contributed by atoms with E-state index in [4.69, 9.17) is 14.2 Å². The SMILES string of the molecule is COC[C@@H](Nc1ncnn2cc(C(C)(C)OC3CCOCC3)c(C)c12)c1ccccc1. The van der Waals surface area contributed by atoms with Gasteiger partial charge in [0.05, 0.1) is 24.4 Å². The Morgan fingerprint density at radius 1 is 1.23 bits per heavy atom. The summed E-state index contributed by atoms with van der Waals surface area (Å²) in [6.45, 7) is 8.42. The third-order valence-electron chi connectivity index (χ3n) is 5.95. The summed E-state index contributed by atoms with van der Waals surface area (Å²) < 4.78 is 19.4. The second-order valence-electron chi connectivity index (χ2n) is 8.57. The van der Waals surface area contributed by atoms with Crippen LogP contribution in [0.4, 0.5) is 5.82 Å². The van der Waals surface area contributed by atoms with E-state index >= 15 is 0 Å². The lowest BCUT2D eigenvalue weighted by atomic mass is 9.96. The molecule has 0 aliphatic carbocycles. The van der Waals surface area contributed by atoms with Gasteiger partial charge in [-0.1, -0.05) is 30.3 Å². The predicted octanol–water partition coefficient (Wildman–Crippen LogP) is 4.27. The molecule has 2 aromatic heterocycles. The van der Waals surface area contributed by atoms with Crippen LogP contribution >= 0.6 is 0 Å². The van der Waals surface area contributed by atoms with Gasteiger partial charge in [-0.3, -0.25) is 0 Å². The van der Waals surface area contributed by atoms with Crippen molar-refractivity contribution < 1.29 is 14.2 Å². The Bertz CT molecular complexity index is 997. The molecule has 3 heterocycles. The van der Waals surface area contributed by atoms with E-state index in [1.165, 1.54) is 0 Å². The molecule has 31 heavy (non-hydrogen) atoms. The summed E-state index contributed by atoms with van der Waals surface area (Å²) in [5.41, 5.74) is 3.89. The maximum absolute atomic E-state index is 6.52. The summed E-state index contributed by atoms with van der Waals surface area (Å²) in [4.78, 5) is 4.57. The average molecular weight is 425 g/mol. The number of ether oxygens (including phenoxy) is 3. The number of nitrogens with zero attached hydrogens (tertiary/aromatic N) is 3. The monoisotopic (exact) mass is 424 g/mol. The number of aryl methyl sites for hydroxylation is 1. The van der Waals surface area contributed by atoms with Crippen LogP contribution in [0.3, 0.4) is 0 Å². The van der Waals surface area contributed by atoms with Crippen molar-refractivity contribution in [2.24, 2.45) is 0 Å². The average Bonchev–Trinajstić information content (AvgIpc) is 3.13. The van der Waals surface area contributed by atoms with Crippen molar-refractivity contribution in [3.05, 3.63) is 59.5 Å². The molecule has 4 rings (SSSR count). The largest absolute Gasteiger partial charge is 0.382 e. The van der Waals surface area contributed by atoms with E-state index in [0.29, 0.717) is 6.61 Å². The Hall–Kier alpha value is -2.48. The summed E-state index contributed by atoms with van der Waals surface area (Å²) in [7, 11) is 1.71. The first-order valence-electron chi connectivity index (χ1n) is 10.9. The highest BCUT2D eigenvalue weighted by Crippen LogP contribution is 2.35. The molecular formula is C24H32N4O3. The zero-order chi connectivity index (χ0) is 21.8. The molecule has 7 heteroatoms. The predicted molar refractivity (Wildman–Crippen MR) is 120 cm³/mol. The first kappa shape index (κ1) is 21.7. The van der Waals surface area contributed by atoms with Gasteiger partial charge >= 0.3 is 0 Å². The lowest BCUT2D eigenvalue weighted by Gasteiger charge is -2.33. The molecule has 0 saturated carbocycles. The smallest absolute Gasteiger partial charge is 0.154 e. The molecule has 1 fully saturated rings. The fraction of sp³-hybridized carbons (Fsp3) is 0.500. The number of methoxy groups -OCH3 is 1. The Kier molecular flexibility index (Phi) is 6.55. The molecular weight excluding hydrogens is 392 g/mol. The van der Waals surface area contributed by atoms with E-state index in [-0.39, 0.29) is 12.1 Å². The summed E-state index contributed by atoms with van der Waals surface area (Å²) in [5, 5.41) is 8.04. The number of fused-ring (bicyclic) bond motifs is 1. The Morgan fingerprint density at radius 2 is 1.97 bits per heavy atom. The van der Waals surface area contributed by atoms with E-state index in [0.717, 1.165) is 54.1 Å². The molecule has 0 bridgehead atoms. The molecule has 1 aliphatic heterocycles. The van der Waals surface area contributed by atoms with Crippen LogP contribution in [0.15, 0.2) is 42.9 Å². The Morgan fingerprint density at radius 3 is 2.68 bits per heavy atom. The number of rotatable bonds is 8. The minimum absolute atomic E-state index is 0.0193. The third kappa shape index (κ3) is 4.74. The first-order chi connectivity index (χ1) is 15.0. The molecule has 1 aromatic carbocycles. The highest BCUT2D eigenvalue weighted by Gasteiger charge is 2.31. The van der Waals surface area contributed by atoms with Gasteiger partial charge in [0.15, 0.2) is 5.82 Å². The normalized spacial score (nSPS) is 16.5. The second kappa shape index (κ2) is 9.34. The molecule has 1 saturated heterocycles. The molecule has 1 aliphatic rings. The van der Waals surface area contributed by atoms with Crippen LogP contribution < -0.4 is 5.32 Å². The first-order valence-corrected chi connectivity index (χ1v) is 10.9. The van der Waals surface area contributed by atoms with Gasteiger partial charge in [-0.15, -0.1) is 0 Å². The molecule has 0 amide bonds. The van der Waals surface area contributed by atoms with Gasteiger partial charge in [-0.25, -0.2) is 9.50 Å². The van der Waals surface area contributed by atoms with Crippen molar-refractivity contribution >= 4 is 11.3 Å².